The maximum Gasteiger partial charge on any atom is 0.407 e. The van der Waals surface area contributed by atoms with Crippen molar-refractivity contribution >= 4 is 17.7 Å². The Labute approximate surface area is 162 Å². The first-order chi connectivity index (χ1) is 12.9. The zero-order valence-electron chi connectivity index (χ0n) is 16.9. The number of ether oxygens (including phenoxy) is 1. The highest BCUT2D eigenvalue weighted by molar-refractivity contribution is 5.80. The Bertz CT molecular complexity index is 613. The van der Waals surface area contributed by atoms with Gasteiger partial charge in [-0.05, 0) is 45.7 Å². The van der Waals surface area contributed by atoms with Gasteiger partial charge in [0.1, 0.15) is 5.60 Å². The number of carbonyl (C=O) groups is 1. The number of guanidine groups is 1. The van der Waals surface area contributed by atoms with Gasteiger partial charge in [0.2, 0.25) is 0 Å². The van der Waals surface area contributed by atoms with Crippen LogP contribution in [0.15, 0.2) is 35.3 Å². The molecule has 150 valence electrons. The molecule has 1 aromatic rings. The van der Waals surface area contributed by atoms with Crippen molar-refractivity contribution in [2.75, 3.05) is 38.1 Å². The molecule has 0 aromatic heterocycles. The van der Waals surface area contributed by atoms with Crippen LogP contribution >= 0.6 is 0 Å². The second kappa shape index (κ2) is 10.0. The fourth-order valence-corrected chi connectivity index (χ4v) is 2.94. The topological polar surface area (TPSA) is 78.0 Å². The first-order valence-electron chi connectivity index (χ1n) is 9.61. The molecule has 1 heterocycles. The molecule has 2 rings (SSSR count). The summed E-state index contributed by atoms with van der Waals surface area (Å²) in [6.45, 7) is 8.85. The number of amides is 1. The SMILES string of the molecule is CN=C(NCCCNC(=O)OC(C)(C)C)NC1CCN(c2ccccc2)C1. The summed E-state index contributed by atoms with van der Waals surface area (Å²) in [5, 5.41) is 9.54. The van der Waals surface area contributed by atoms with Gasteiger partial charge in [0.15, 0.2) is 5.96 Å². The van der Waals surface area contributed by atoms with Crippen LogP contribution < -0.4 is 20.9 Å². The molecule has 7 heteroatoms. The van der Waals surface area contributed by atoms with Crippen LogP contribution in [0.25, 0.3) is 0 Å². The average Bonchev–Trinajstić information content (AvgIpc) is 3.08. The van der Waals surface area contributed by atoms with Gasteiger partial charge in [-0.3, -0.25) is 4.99 Å². The van der Waals surface area contributed by atoms with Gasteiger partial charge in [-0.2, -0.15) is 0 Å². The summed E-state index contributed by atoms with van der Waals surface area (Å²) in [5.74, 6) is 0.798. The van der Waals surface area contributed by atoms with Gasteiger partial charge in [-0.15, -0.1) is 0 Å². The molecule has 1 aliphatic heterocycles. The van der Waals surface area contributed by atoms with E-state index in [1.54, 1.807) is 7.05 Å². The quantitative estimate of drug-likeness (QED) is 0.404. The van der Waals surface area contributed by atoms with E-state index in [9.17, 15) is 4.79 Å². The van der Waals surface area contributed by atoms with Gasteiger partial charge >= 0.3 is 6.09 Å². The number of anilines is 1. The number of aliphatic imine (C=N–C) groups is 1. The van der Waals surface area contributed by atoms with Crippen molar-refractivity contribution in [1.82, 2.24) is 16.0 Å². The second-order valence-electron chi connectivity index (χ2n) is 7.69. The van der Waals surface area contributed by atoms with E-state index in [0.717, 1.165) is 38.4 Å². The molecule has 3 N–H and O–H groups in total. The van der Waals surface area contributed by atoms with Crippen molar-refractivity contribution in [2.45, 2.75) is 45.3 Å². The number of benzene rings is 1. The van der Waals surface area contributed by atoms with Crippen molar-refractivity contribution in [3.63, 3.8) is 0 Å². The van der Waals surface area contributed by atoms with E-state index in [2.05, 4.69) is 50.1 Å². The highest BCUT2D eigenvalue weighted by Gasteiger charge is 2.23. The van der Waals surface area contributed by atoms with Crippen LogP contribution in [0, 0.1) is 0 Å². The molecular formula is C20H33N5O2. The second-order valence-corrected chi connectivity index (χ2v) is 7.69. The predicted molar refractivity (Wildman–Crippen MR) is 110 cm³/mol. The van der Waals surface area contributed by atoms with Crippen LogP contribution in [0.2, 0.25) is 0 Å². The number of nitrogens with one attached hydrogen (secondary N) is 3. The first-order valence-corrected chi connectivity index (χ1v) is 9.61. The summed E-state index contributed by atoms with van der Waals surface area (Å²) in [6.07, 6.45) is 1.49. The first kappa shape index (κ1) is 20.9. The average molecular weight is 376 g/mol. The predicted octanol–water partition coefficient (Wildman–Crippen LogP) is 2.35. The molecule has 1 fully saturated rings. The fourth-order valence-electron chi connectivity index (χ4n) is 2.94. The van der Waals surface area contributed by atoms with Crippen molar-refractivity contribution in [3.8, 4) is 0 Å². The number of rotatable bonds is 6. The third-order valence-electron chi connectivity index (χ3n) is 4.19. The van der Waals surface area contributed by atoms with E-state index < -0.39 is 5.60 Å². The maximum absolute atomic E-state index is 11.6. The van der Waals surface area contributed by atoms with Gasteiger partial charge in [0, 0.05) is 45.0 Å². The van der Waals surface area contributed by atoms with Gasteiger partial charge < -0.3 is 25.6 Å². The minimum absolute atomic E-state index is 0.372. The molecule has 0 radical (unpaired) electrons. The monoisotopic (exact) mass is 375 g/mol. The number of carbonyl (C=O) groups excluding carboxylic acids is 1. The van der Waals surface area contributed by atoms with Gasteiger partial charge in [0.05, 0.1) is 0 Å². The van der Waals surface area contributed by atoms with E-state index in [-0.39, 0.29) is 6.09 Å². The van der Waals surface area contributed by atoms with E-state index in [1.165, 1.54) is 5.69 Å². The number of hydrogen-bond acceptors (Lipinski definition) is 4. The normalized spacial score (nSPS) is 17.6. The highest BCUT2D eigenvalue weighted by Crippen LogP contribution is 2.19. The van der Waals surface area contributed by atoms with Crippen LogP contribution in [0.3, 0.4) is 0 Å². The number of hydrogen-bond donors (Lipinski definition) is 3. The molecule has 0 spiro atoms. The zero-order valence-corrected chi connectivity index (χ0v) is 16.9. The van der Waals surface area contributed by atoms with E-state index in [1.807, 2.05) is 26.8 Å². The Morgan fingerprint density at radius 2 is 1.93 bits per heavy atom. The Kier molecular flexibility index (Phi) is 7.76. The van der Waals surface area contributed by atoms with Crippen LogP contribution in [0.4, 0.5) is 10.5 Å². The fraction of sp³-hybridized carbons (Fsp3) is 0.600. The van der Waals surface area contributed by atoms with Crippen molar-refractivity contribution in [3.05, 3.63) is 30.3 Å². The Balaban J connectivity index is 1.63. The lowest BCUT2D eigenvalue weighted by Gasteiger charge is -2.21. The standard InChI is InChI=1S/C20H33N5O2/c1-20(2,3)27-19(26)23-13-8-12-22-18(21-4)24-16-11-14-25(15-16)17-9-6-5-7-10-17/h5-7,9-10,16H,8,11-15H2,1-4H3,(H,23,26)(H2,21,22,24). The van der Waals surface area contributed by atoms with Crippen LogP contribution in [0.5, 0.6) is 0 Å². The summed E-state index contributed by atoms with van der Waals surface area (Å²) in [4.78, 5) is 18.3. The molecular weight excluding hydrogens is 342 g/mol. The van der Waals surface area contributed by atoms with E-state index in [0.29, 0.717) is 12.6 Å². The Morgan fingerprint density at radius 1 is 1.22 bits per heavy atom. The van der Waals surface area contributed by atoms with Crippen molar-refractivity contribution in [2.24, 2.45) is 4.99 Å². The number of alkyl carbamates (subject to hydrolysis) is 1. The van der Waals surface area contributed by atoms with Crippen LogP contribution in [-0.4, -0.2) is 56.9 Å². The summed E-state index contributed by atoms with van der Waals surface area (Å²) >= 11 is 0. The summed E-state index contributed by atoms with van der Waals surface area (Å²) in [7, 11) is 1.78. The molecule has 0 bridgehead atoms. The molecule has 1 amide bonds. The molecule has 1 aliphatic rings. The van der Waals surface area contributed by atoms with Crippen molar-refractivity contribution in [1.29, 1.82) is 0 Å². The Morgan fingerprint density at radius 3 is 2.59 bits per heavy atom. The van der Waals surface area contributed by atoms with Gasteiger partial charge in [0.25, 0.3) is 0 Å². The summed E-state index contributed by atoms with van der Waals surface area (Å²) in [5.41, 5.74) is 0.793. The zero-order chi connectivity index (χ0) is 19.7. The van der Waals surface area contributed by atoms with Crippen LogP contribution in [0.1, 0.15) is 33.6 Å². The lowest BCUT2D eigenvalue weighted by Crippen LogP contribution is -2.45. The molecule has 1 atom stereocenters. The molecule has 7 nitrogen and oxygen atoms in total. The maximum atomic E-state index is 11.6. The lowest BCUT2D eigenvalue weighted by molar-refractivity contribution is 0.0527. The number of para-hydroxylation sites is 1. The molecule has 0 saturated carbocycles. The molecule has 0 aliphatic carbocycles. The van der Waals surface area contributed by atoms with Crippen molar-refractivity contribution < 1.29 is 9.53 Å². The van der Waals surface area contributed by atoms with E-state index >= 15 is 0 Å². The number of nitrogens with zero attached hydrogens (tertiary/aromatic N) is 2. The van der Waals surface area contributed by atoms with Gasteiger partial charge in [-0.1, -0.05) is 18.2 Å². The highest BCUT2D eigenvalue weighted by atomic mass is 16.6. The van der Waals surface area contributed by atoms with Crippen LogP contribution in [-0.2, 0) is 4.74 Å². The largest absolute Gasteiger partial charge is 0.444 e. The third kappa shape index (κ3) is 7.76. The molecule has 27 heavy (non-hydrogen) atoms. The summed E-state index contributed by atoms with van der Waals surface area (Å²) < 4.78 is 5.21. The van der Waals surface area contributed by atoms with Gasteiger partial charge in [-0.25, -0.2) is 4.79 Å². The minimum Gasteiger partial charge on any atom is -0.444 e. The minimum atomic E-state index is -0.469. The molecule has 1 unspecified atom stereocenters. The Hall–Kier alpha value is -2.44. The summed E-state index contributed by atoms with van der Waals surface area (Å²) in [6, 6.07) is 10.8. The third-order valence-corrected chi connectivity index (χ3v) is 4.19. The lowest BCUT2D eigenvalue weighted by atomic mass is 10.2. The van der Waals surface area contributed by atoms with E-state index in [4.69, 9.17) is 4.74 Å². The molecule has 1 aromatic carbocycles. The molecule has 1 saturated heterocycles. The smallest absolute Gasteiger partial charge is 0.407 e.